The van der Waals surface area contributed by atoms with E-state index >= 15 is 0 Å². The molecule has 0 saturated carbocycles. The van der Waals surface area contributed by atoms with Gasteiger partial charge in [0.25, 0.3) is 0 Å². The van der Waals surface area contributed by atoms with E-state index in [9.17, 15) is 0 Å². The molecule has 0 radical (unpaired) electrons. The lowest BCUT2D eigenvalue weighted by molar-refractivity contribution is -0.00993. The van der Waals surface area contributed by atoms with Crippen molar-refractivity contribution in [2.75, 3.05) is 6.61 Å². The van der Waals surface area contributed by atoms with Gasteiger partial charge in [-0.25, -0.2) is 0 Å². The first kappa shape index (κ1) is 15.2. The van der Waals surface area contributed by atoms with Gasteiger partial charge in [0.15, 0.2) is 0 Å². The normalized spacial score (nSPS) is 15.7. The highest BCUT2D eigenvalue weighted by molar-refractivity contribution is 5.02. The molecule has 0 aromatic carbocycles. The molecule has 0 spiro atoms. The fourth-order valence-electron chi connectivity index (χ4n) is 1.60. The Kier molecular flexibility index (Phi) is 5.35. The van der Waals surface area contributed by atoms with Gasteiger partial charge < -0.3 is 10.5 Å². The van der Waals surface area contributed by atoms with Crippen LogP contribution < -0.4 is 5.73 Å². The Morgan fingerprint density at radius 2 is 2.11 bits per heavy atom. The summed E-state index contributed by atoms with van der Waals surface area (Å²) < 4.78 is 7.69. The van der Waals surface area contributed by atoms with Gasteiger partial charge in [-0.1, -0.05) is 6.92 Å². The molecule has 1 rings (SSSR count). The van der Waals surface area contributed by atoms with Gasteiger partial charge in [-0.15, -0.1) is 0 Å². The number of aromatic nitrogens is 2. The van der Waals surface area contributed by atoms with Crippen LogP contribution in [0.25, 0.3) is 0 Å². The highest BCUT2D eigenvalue weighted by atomic mass is 16.5. The Balaban J connectivity index is 2.44. The van der Waals surface area contributed by atoms with Gasteiger partial charge in [-0.2, -0.15) is 5.10 Å². The Morgan fingerprint density at radius 3 is 2.67 bits per heavy atom. The van der Waals surface area contributed by atoms with Crippen molar-refractivity contribution < 1.29 is 4.74 Å². The molecule has 0 aliphatic heterocycles. The molecule has 104 valence electrons. The van der Waals surface area contributed by atoms with Crippen LogP contribution in [0.2, 0.25) is 0 Å². The van der Waals surface area contributed by atoms with Gasteiger partial charge >= 0.3 is 0 Å². The molecule has 1 aromatic heterocycles. The predicted octanol–water partition coefficient (Wildman–Crippen LogP) is 2.54. The van der Waals surface area contributed by atoms with Crippen molar-refractivity contribution in [2.45, 2.75) is 65.1 Å². The van der Waals surface area contributed by atoms with Crippen molar-refractivity contribution in [3.63, 3.8) is 0 Å². The van der Waals surface area contributed by atoms with Crippen molar-refractivity contribution >= 4 is 0 Å². The average molecular weight is 253 g/mol. The lowest BCUT2D eigenvalue weighted by Crippen LogP contribution is -2.33. The molecule has 18 heavy (non-hydrogen) atoms. The minimum atomic E-state index is -0.131. The predicted molar refractivity (Wildman–Crippen MR) is 74.6 cm³/mol. The summed E-state index contributed by atoms with van der Waals surface area (Å²) in [5.74, 6) is 0. The van der Waals surface area contributed by atoms with Crippen LogP contribution in [-0.4, -0.2) is 28.0 Å². The summed E-state index contributed by atoms with van der Waals surface area (Å²) in [6, 6.07) is 2.49. The van der Waals surface area contributed by atoms with Crippen LogP contribution in [0.3, 0.4) is 0 Å². The summed E-state index contributed by atoms with van der Waals surface area (Å²) in [5, 5.41) is 4.55. The quantitative estimate of drug-likeness (QED) is 0.847. The van der Waals surface area contributed by atoms with E-state index < -0.39 is 0 Å². The van der Waals surface area contributed by atoms with Crippen LogP contribution >= 0.6 is 0 Å². The second-order valence-electron chi connectivity index (χ2n) is 5.93. The lowest BCUT2D eigenvalue weighted by Gasteiger charge is -2.22. The van der Waals surface area contributed by atoms with Crippen LogP contribution in [0.15, 0.2) is 12.3 Å². The minimum Gasteiger partial charge on any atom is -0.374 e. The first-order valence-electron chi connectivity index (χ1n) is 6.75. The summed E-state index contributed by atoms with van der Waals surface area (Å²) in [4.78, 5) is 0. The monoisotopic (exact) mass is 253 g/mol. The maximum atomic E-state index is 6.06. The smallest absolute Gasteiger partial charge is 0.0641 e. The van der Waals surface area contributed by atoms with Crippen molar-refractivity contribution in [3.05, 3.63) is 18.0 Å². The standard InChI is InChI=1S/C14H27N3O/c1-6-11(2)17-8-7-13(16-17)9-12(15)10-18-14(3,4)5/h7-8,11-12H,6,9-10,15H2,1-5H3. The summed E-state index contributed by atoms with van der Waals surface area (Å²) >= 11 is 0. The van der Waals surface area contributed by atoms with Crippen molar-refractivity contribution in [3.8, 4) is 0 Å². The molecular weight excluding hydrogens is 226 g/mol. The summed E-state index contributed by atoms with van der Waals surface area (Å²) in [7, 11) is 0. The number of rotatable bonds is 6. The van der Waals surface area contributed by atoms with Crippen LogP contribution in [0.1, 0.15) is 52.8 Å². The molecule has 0 aliphatic carbocycles. The summed E-state index contributed by atoms with van der Waals surface area (Å²) in [5.41, 5.74) is 6.97. The number of nitrogens with zero attached hydrogens (tertiary/aromatic N) is 2. The second kappa shape index (κ2) is 6.34. The maximum absolute atomic E-state index is 6.06. The fraction of sp³-hybridized carbons (Fsp3) is 0.786. The number of ether oxygens (including phenoxy) is 1. The molecule has 1 aromatic rings. The van der Waals surface area contributed by atoms with E-state index in [1.54, 1.807) is 0 Å². The zero-order valence-corrected chi connectivity index (χ0v) is 12.3. The van der Waals surface area contributed by atoms with E-state index in [2.05, 4.69) is 18.9 Å². The number of hydrogen-bond donors (Lipinski definition) is 1. The molecule has 2 atom stereocenters. The molecule has 2 unspecified atom stereocenters. The molecule has 0 aliphatic rings. The molecule has 0 saturated heterocycles. The lowest BCUT2D eigenvalue weighted by atomic mass is 10.1. The zero-order valence-electron chi connectivity index (χ0n) is 12.3. The van der Waals surface area contributed by atoms with Gasteiger partial charge in [0.1, 0.15) is 0 Å². The molecule has 1 heterocycles. The van der Waals surface area contributed by atoms with E-state index in [0.29, 0.717) is 12.6 Å². The fourth-order valence-corrected chi connectivity index (χ4v) is 1.60. The molecule has 2 N–H and O–H groups in total. The Bertz CT molecular complexity index is 354. The molecule has 0 fully saturated rings. The van der Waals surface area contributed by atoms with Crippen LogP contribution in [0.5, 0.6) is 0 Å². The summed E-state index contributed by atoms with van der Waals surface area (Å²) in [6.07, 6.45) is 3.88. The van der Waals surface area contributed by atoms with E-state index in [1.807, 2.05) is 37.7 Å². The topological polar surface area (TPSA) is 53.1 Å². The Morgan fingerprint density at radius 1 is 1.44 bits per heavy atom. The summed E-state index contributed by atoms with van der Waals surface area (Å²) in [6.45, 7) is 11.0. The number of hydrogen-bond acceptors (Lipinski definition) is 3. The van der Waals surface area contributed by atoms with Gasteiger partial charge in [0.05, 0.1) is 17.9 Å². The van der Waals surface area contributed by atoms with Crippen molar-refractivity contribution in [2.24, 2.45) is 5.73 Å². The Hall–Kier alpha value is -0.870. The van der Waals surface area contributed by atoms with E-state index in [4.69, 9.17) is 10.5 Å². The molecule has 0 amide bonds. The van der Waals surface area contributed by atoms with E-state index in [1.165, 1.54) is 0 Å². The third-order valence-corrected chi connectivity index (χ3v) is 2.91. The molecular formula is C14H27N3O. The Labute approximate surface area is 111 Å². The average Bonchev–Trinajstić information content (AvgIpc) is 2.73. The minimum absolute atomic E-state index is 0.00417. The SMILES string of the molecule is CCC(C)n1ccc(CC(N)COC(C)(C)C)n1. The molecule has 4 nitrogen and oxygen atoms in total. The van der Waals surface area contributed by atoms with Crippen LogP contribution in [0.4, 0.5) is 0 Å². The van der Waals surface area contributed by atoms with Gasteiger partial charge in [-0.3, -0.25) is 4.68 Å². The number of nitrogens with two attached hydrogens (primary N) is 1. The van der Waals surface area contributed by atoms with Gasteiger partial charge in [0.2, 0.25) is 0 Å². The third kappa shape index (κ3) is 5.19. The van der Waals surface area contributed by atoms with E-state index in [-0.39, 0.29) is 11.6 Å². The largest absolute Gasteiger partial charge is 0.374 e. The van der Waals surface area contributed by atoms with Crippen molar-refractivity contribution in [1.82, 2.24) is 9.78 Å². The third-order valence-electron chi connectivity index (χ3n) is 2.91. The highest BCUT2D eigenvalue weighted by Gasteiger charge is 2.14. The first-order valence-corrected chi connectivity index (χ1v) is 6.75. The highest BCUT2D eigenvalue weighted by Crippen LogP contribution is 2.11. The van der Waals surface area contributed by atoms with E-state index in [0.717, 1.165) is 18.5 Å². The van der Waals surface area contributed by atoms with Gasteiger partial charge in [0, 0.05) is 24.7 Å². The first-order chi connectivity index (χ1) is 8.31. The maximum Gasteiger partial charge on any atom is 0.0641 e. The van der Waals surface area contributed by atoms with Crippen LogP contribution in [0, 0.1) is 0 Å². The van der Waals surface area contributed by atoms with Gasteiger partial charge in [-0.05, 0) is 40.2 Å². The molecule has 0 bridgehead atoms. The zero-order chi connectivity index (χ0) is 13.8. The molecule has 4 heteroatoms. The van der Waals surface area contributed by atoms with Crippen LogP contribution in [-0.2, 0) is 11.2 Å². The second-order valence-corrected chi connectivity index (χ2v) is 5.93. The van der Waals surface area contributed by atoms with Crippen molar-refractivity contribution in [1.29, 1.82) is 0 Å².